The van der Waals surface area contributed by atoms with Crippen molar-refractivity contribution in [2.75, 3.05) is 0 Å². The summed E-state index contributed by atoms with van der Waals surface area (Å²) < 4.78 is 3.64. The van der Waals surface area contributed by atoms with Crippen molar-refractivity contribution in [1.82, 2.24) is 9.13 Å². The SMILES string of the molecule is Cn1c(=O)ccn(Cc2ccc(Br)s2)c1=O. The van der Waals surface area contributed by atoms with Gasteiger partial charge in [0, 0.05) is 24.2 Å². The van der Waals surface area contributed by atoms with E-state index in [1.54, 1.807) is 11.3 Å². The van der Waals surface area contributed by atoms with E-state index in [1.807, 2.05) is 12.1 Å². The Morgan fingerprint density at radius 1 is 1.31 bits per heavy atom. The van der Waals surface area contributed by atoms with Crippen LogP contribution in [0, 0.1) is 0 Å². The monoisotopic (exact) mass is 300 g/mol. The molecule has 0 bridgehead atoms. The molecule has 0 radical (unpaired) electrons. The van der Waals surface area contributed by atoms with E-state index in [0.29, 0.717) is 6.54 Å². The molecule has 0 aliphatic rings. The number of rotatable bonds is 2. The van der Waals surface area contributed by atoms with E-state index in [-0.39, 0.29) is 11.2 Å². The van der Waals surface area contributed by atoms with Crippen LogP contribution in [0.4, 0.5) is 0 Å². The first-order valence-electron chi connectivity index (χ1n) is 4.58. The molecule has 16 heavy (non-hydrogen) atoms. The summed E-state index contributed by atoms with van der Waals surface area (Å²) >= 11 is 4.94. The van der Waals surface area contributed by atoms with Crippen molar-refractivity contribution in [3.63, 3.8) is 0 Å². The van der Waals surface area contributed by atoms with Gasteiger partial charge in [0.1, 0.15) is 0 Å². The molecule has 0 aliphatic carbocycles. The number of thiophene rings is 1. The third kappa shape index (κ3) is 2.17. The van der Waals surface area contributed by atoms with Crippen LogP contribution in [0.1, 0.15) is 4.88 Å². The maximum atomic E-state index is 11.7. The summed E-state index contributed by atoms with van der Waals surface area (Å²) in [6.07, 6.45) is 1.53. The highest BCUT2D eigenvalue weighted by molar-refractivity contribution is 9.11. The van der Waals surface area contributed by atoms with Gasteiger partial charge in [0.05, 0.1) is 10.3 Å². The first-order valence-corrected chi connectivity index (χ1v) is 6.19. The van der Waals surface area contributed by atoms with Crippen LogP contribution in [-0.4, -0.2) is 9.13 Å². The highest BCUT2D eigenvalue weighted by Gasteiger charge is 2.03. The quantitative estimate of drug-likeness (QED) is 0.842. The van der Waals surface area contributed by atoms with Gasteiger partial charge in [-0.05, 0) is 28.1 Å². The van der Waals surface area contributed by atoms with Gasteiger partial charge in [-0.15, -0.1) is 11.3 Å². The van der Waals surface area contributed by atoms with Gasteiger partial charge in [0.15, 0.2) is 0 Å². The van der Waals surface area contributed by atoms with Gasteiger partial charge >= 0.3 is 5.69 Å². The topological polar surface area (TPSA) is 44.0 Å². The fraction of sp³-hybridized carbons (Fsp3) is 0.200. The molecule has 6 heteroatoms. The lowest BCUT2D eigenvalue weighted by Gasteiger charge is -2.04. The van der Waals surface area contributed by atoms with Gasteiger partial charge in [0.25, 0.3) is 5.56 Å². The molecule has 0 saturated heterocycles. The largest absolute Gasteiger partial charge is 0.331 e. The van der Waals surface area contributed by atoms with Crippen LogP contribution in [0.2, 0.25) is 0 Å². The lowest BCUT2D eigenvalue weighted by Crippen LogP contribution is -2.36. The highest BCUT2D eigenvalue weighted by atomic mass is 79.9. The third-order valence-corrected chi connectivity index (χ3v) is 3.82. The molecule has 4 nitrogen and oxygen atoms in total. The van der Waals surface area contributed by atoms with Gasteiger partial charge in [-0.1, -0.05) is 0 Å². The molecule has 2 aromatic heterocycles. The minimum atomic E-state index is -0.294. The molecule has 0 N–H and O–H groups in total. The number of aromatic nitrogens is 2. The van der Waals surface area contributed by atoms with Crippen molar-refractivity contribution in [3.05, 3.63) is 53.9 Å². The molecule has 2 heterocycles. The van der Waals surface area contributed by atoms with Crippen LogP contribution in [0.25, 0.3) is 0 Å². The van der Waals surface area contributed by atoms with Crippen LogP contribution >= 0.6 is 27.3 Å². The van der Waals surface area contributed by atoms with Crippen LogP contribution in [-0.2, 0) is 13.6 Å². The Balaban J connectivity index is 2.40. The summed E-state index contributed by atoms with van der Waals surface area (Å²) in [4.78, 5) is 24.0. The standard InChI is InChI=1S/C10H9BrN2O2S/c1-12-9(14)4-5-13(10(12)15)6-7-2-3-8(11)16-7/h2-5H,6H2,1H3. The maximum absolute atomic E-state index is 11.7. The Labute approximate surface area is 104 Å². The lowest BCUT2D eigenvalue weighted by molar-refractivity contribution is 0.650. The number of halogens is 1. The van der Waals surface area contributed by atoms with Gasteiger partial charge in [-0.25, -0.2) is 4.79 Å². The van der Waals surface area contributed by atoms with Gasteiger partial charge in [-0.3, -0.25) is 13.9 Å². The molecule has 2 aromatic rings. The van der Waals surface area contributed by atoms with Gasteiger partial charge in [-0.2, -0.15) is 0 Å². The second kappa shape index (κ2) is 4.39. The zero-order chi connectivity index (χ0) is 11.7. The predicted molar refractivity (Wildman–Crippen MR) is 67.1 cm³/mol. The smallest absolute Gasteiger partial charge is 0.295 e. The highest BCUT2D eigenvalue weighted by Crippen LogP contribution is 2.22. The summed E-state index contributed by atoms with van der Waals surface area (Å²) in [7, 11) is 1.48. The molecular formula is C10H9BrN2O2S. The lowest BCUT2D eigenvalue weighted by atomic mass is 10.4. The predicted octanol–water partition coefficient (Wildman–Crippen LogP) is 1.42. The van der Waals surface area contributed by atoms with Crippen molar-refractivity contribution in [2.24, 2.45) is 7.05 Å². The second-order valence-corrected chi connectivity index (χ2v) is 5.88. The van der Waals surface area contributed by atoms with Gasteiger partial charge < -0.3 is 0 Å². The Morgan fingerprint density at radius 3 is 2.69 bits per heavy atom. The van der Waals surface area contributed by atoms with Crippen molar-refractivity contribution >= 4 is 27.3 Å². The Morgan fingerprint density at radius 2 is 2.06 bits per heavy atom. The zero-order valence-corrected chi connectivity index (χ0v) is 10.9. The molecular weight excluding hydrogens is 292 g/mol. The Hall–Kier alpha value is -1.14. The summed E-state index contributed by atoms with van der Waals surface area (Å²) in [6, 6.07) is 5.28. The van der Waals surface area contributed by atoms with Crippen LogP contribution < -0.4 is 11.2 Å². The fourth-order valence-electron chi connectivity index (χ4n) is 1.34. The third-order valence-electron chi connectivity index (χ3n) is 2.22. The van der Waals surface area contributed by atoms with E-state index in [9.17, 15) is 9.59 Å². The molecule has 2 rings (SSSR count). The molecule has 0 spiro atoms. The number of hydrogen-bond donors (Lipinski definition) is 0. The second-order valence-electron chi connectivity index (χ2n) is 3.33. The van der Waals surface area contributed by atoms with E-state index in [2.05, 4.69) is 15.9 Å². The van der Waals surface area contributed by atoms with Crippen LogP contribution in [0.15, 0.2) is 37.8 Å². The first-order chi connectivity index (χ1) is 7.58. The minimum Gasteiger partial charge on any atom is -0.295 e. The zero-order valence-electron chi connectivity index (χ0n) is 8.51. The molecule has 0 fully saturated rings. The van der Waals surface area contributed by atoms with E-state index in [0.717, 1.165) is 13.2 Å². The normalized spacial score (nSPS) is 10.6. The van der Waals surface area contributed by atoms with E-state index in [4.69, 9.17) is 0 Å². The summed E-state index contributed by atoms with van der Waals surface area (Å²) in [6.45, 7) is 0.489. The minimum absolute atomic E-state index is 0.284. The van der Waals surface area contributed by atoms with Crippen molar-refractivity contribution in [2.45, 2.75) is 6.54 Å². The maximum Gasteiger partial charge on any atom is 0.331 e. The number of nitrogens with zero attached hydrogens (tertiary/aromatic N) is 2. The molecule has 0 atom stereocenters. The average Bonchev–Trinajstić information content (AvgIpc) is 2.65. The summed E-state index contributed by atoms with van der Waals surface area (Å²) in [5, 5.41) is 0. The molecule has 84 valence electrons. The van der Waals surface area contributed by atoms with Crippen molar-refractivity contribution < 1.29 is 0 Å². The summed E-state index contributed by atoms with van der Waals surface area (Å²) in [5.74, 6) is 0. The van der Waals surface area contributed by atoms with E-state index < -0.39 is 0 Å². The van der Waals surface area contributed by atoms with E-state index in [1.165, 1.54) is 23.9 Å². The van der Waals surface area contributed by atoms with E-state index >= 15 is 0 Å². The summed E-state index contributed by atoms with van der Waals surface area (Å²) in [5.41, 5.74) is -0.578. The molecule has 0 unspecified atom stereocenters. The Kier molecular flexibility index (Phi) is 3.11. The average molecular weight is 301 g/mol. The first kappa shape index (κ1) is 11.3. The van der Waals surface area contributed by atoms with Crippen LogP contribution in [0.3, 0.4) is 0 Å². The van der Waals surface area contributed by atoms with Gasteiger partial charge in [0.2, 0.25) is 0 Å². The fourth-order valence-corrected chi connectivity index (χ4v) is 2.82. The molecule has 0 amide bonds. The Bertz CT molecular complexity index is 626. The molecule has 0 aromatic carbocycles. The van der Waals surface area contributed by atoms with Crippen LogP contribution in [0.5, 0.6) is 0 Å². The van der Waals surface area contributed by atoms with Crippen molar-refractivity contribution in [1.29, 1.82) is 0 Å². The number of hydrogen-bond acceptors (Lipinski definition) is 3. The van der Waals surface area contributed by atoms with Crippen molar-refractivity contribution in [3.8, 4) is 0 Å². The molecule has 0 saturated carbocycles. The molecule has 0 aliphatic heterocycles.